The summed E-state index contributed by atoms with van der Waals surface area (Å²) in [4.78, 5) is 28.8. The summed E-state index contributed by atoms with van der Waals surface area (Å²) in [7, 11) is 3.17. The van der Waals surface area contributed by atoms with Crippen molar-refractivity contribution in [3.63, 3.8) is 0 Å². The molecule has 2 amide bonds. The molecule has 0 spiro atoms. The molecular formula is C21H21N3O4S2. The number of ether oxygens (including phenoxy) is 2. The van der Waals surface area contributed by atoms with Gasteiger partial charge in [-0.25, -0.2) is 4.98 Å². The van der Waals surface area contributed by atoms with Gasteiger partial charge in [-0.15, -0.1) is 23.1 Å². The molecule has 0 saturated carbocycles. The second-order valence-corrected chi connectivity index (χ2v) is 8.06. The first kappa shape index (κ1) is 21.7. The average Bonchev–Trinajstić information content (AvgIpc) is 3.20. The Morgan fingerprint density at radius 1 is 1.07 bits per heavy atom. The maximum absolute atomic E-state index is 12.3. The Morgan fingerprint density at radius 2 is 1.87 bits per heavy atom. The number of amides is 2. The first-order valence-corrected chi connectivity index (χ1v) is 10.8. The summed E-state index contributed by atoms with van der Waals surface area (Å²) < 4.78 is 10.6. The van der Waals surface area contributed by atoms with Crippen molar-refractivity contribution in [3.05, 3.63) is 47.8 Å². The van der Waals surface area contributed by atoms with Crippen LogP contribution in [0, 0.1) is 0 Å². The maximum Gasteiger partial charge on any atom is 0.236 e. The lowest BCUT2D eigenvalue weighted by Gasteiger charge is -2.08. The number of hydrogen-bond donors (Lipinski definition) is 2. The minimum absolute atomic E-state index is 0.135. The Kier molecular flexibility index (Phi) is 7.31. The van der Waals surface area contributed by atoms with E-state index < -0.39 is 0 Å². The predicted molar refractivity (Wildman–Crippen MR) is 121 cm³/mol. The van der Waals surface area contributed by atoms with E-state index in [1.54, 1.807) is 20.3 Å². The molecule has 156 valence electrons. The van der Waals surface area contributed by atoms with Crippen LogP contribution >= 0.6 is 23.1 Å². The van der Waals surface area contributed by atoms with Crippen molar-refractivity contribution >= 4 is 45.7 Å². The van der Waals surface area contributed by atoms with Gasteiger partial charge >= 0.3 is 0 Å². The van der Waals surface area contributed by atoms with E-state index in [1.807, 2.05) is 41.8 Å². The first-order chi connectivity index (χ1) is 14.5. The Morgan fingerprint density at radius 3 is 2.60 bits per heavy atom. The molecule has 9 heteroatoms. The van der Waals surface area contributed by atoms with Crippen molar-refractivity contribution in [1.29, 1.82) is 0 Å². The Labute approximate surface area is 182 Å². The standard InChI is InChI=1S/C21H21N3O4S2/c1-13(25)22-15-5-4-6-16(10-15)29-12-20(26)24-21-23-17(11-30-21)14-7-8-18(27-2)19(9-14)28-3/h4-11H,12H2,1-3H3,(H,22,25)(H,23,24,26). The summed E-state index contributed by atoms with van der Waals surface area (Å²) in [5.74, 6) is 1.20. The molecule has 3 rings (SSSR count). The molecule has 0 radical (unpaired) electrons. The second kappa shape index (κ2) is 10.1. The molecule has 0 unspecified atom stereocenters. The van der Waals surface area contributed by atoms with Gasteiger partial charge in [-0.1, -0.05) is 6.07 Å². The van der Waals surface area contributed by atoms with Gasteiger partial charge in [0.25, 0.3) is 0 Å². The molecule has 2 aromatic carbocycles. The highest BCUT2D eigenvalue weighted by Crippen LogP contribution is 2.33. The van der Waals surface area contributed by atoms with Crippen LogP contribution in [0.3, 0.4) is 0 Å². The number of anilines is 2. The van der Waals surface area contributed by atoms with Crippen molar-refractivity contribution in [1.82, 2.24) is 4.98 Å². The lowest BCUT2D eigenvalue weighted by Crippen LogP contribution is -2.13. The van der Waals surface area contributed by atoms with Crippen molar-refractivity contribution in [2.75, 3.05) is 30.6 Å². The molecule has 1 aromatic heterocycles. The van der Waals surface area contributed by atoms with Crippen LogP contribution in [-0.4, -0.2) is 36.8 Å². The molecule has 0 atom stereocenters. The number of nitrogens with one attached hydrogen (secondary N) is 2. The third kappa shape index (κ3) is 5.74. The van der Waals surface area contributed by atoms with E-state index in [0.29, 0.717) is 22.3 Å². The largest absolute Gasteiger partial charge is 0.493 e. The molecule has 0 fully saturated rings. The zero-order valence-corrected chi connectivity index (χ0v) is 18.4. The summed E-state index contributed by atoms with van der Waals surface area (Å²) in [6.45, 7) is 1.46. The highest BCUT2D eigenvalue weighted by molar-refractivity contribution is 8.00. The van der Waals surface area contributed by atoms with Crippen LogP contribution in [0.1, 0.15) is 6.92 Å². The molecule has 0 aliphatic rings. The number of methoxy groups -OCH3 is 2. The number of carbonyl (C=O) groups excluding carboxylic acids is 2. The lowest BCUT2D eigenvalue weighted by atomic mass is 10.1. The third-order valence-electron chi connectivity index (χ3n) is 3.95. The fraction of sp³-hybridized carbons (Fsp3) is 0.190. The first-order valence-electron chi connectivity index (χ1n) is 8.96. The van der Waals surface area contributed by atoms with Crippen LogP contribution in [0.15, 0.2) is 52.7 Å². The number of nitrogens with zero attached hydrogens (tertiary/aromatic N) is 1. The molecule has 7 nitrogen and oxygen atoms in total. The van der Waals surface area contributed by atoms with Crippen LogP contribution in [0.4, 0.5) is 10.8 Å². The minimum Gasteiger partial charge on any atom is -0.493 e. The SMILES string of the molecule is COc1ccc(-c2csc(NC(=O)CSc3cccc(NC(C)=O)c3)n2)cc1OC. The van der Waals surface area contributed by atoms with E-state index >= 15 is 0 Å². The highest BCUT2D eigenvalue weighted by Gasteiger charge is 2.11. The topological polar surface area (TPSA) is 89.6 Å². The Hall–Kier alpha value is -3.04. The van der Waals surface area contributed by atoms with Crippen LogP contribution < -0.4 is 20.1 Å². The summed E-state index contributed by atoms with van der Waals surface area (Å²) in [5.41, 5.74) is 2.31. The smallest absolute Gasteiger partial charge is 0.236 e. The van der Waals surface area contributed by atoms with Gasteiger partial charge in [0.15, 0.2) is 16.6 Å². The monoisotopic (exact) mass is 443 g/mol. The van der Waals surface area contributed by atoms with E-state index in [9.17, 15) is 9.59 Å². The van der Waals surface area contributed by atoms with E-state index in [0.717, 1.165) is 16.2 Å². The molecule has 0 bridgehead atoms. The second-order valence-electron chi connectivity index (χ2n) is 6.15. The van der Waals surface area contributed by atoms with Gasteiger partial charge in [0.1, 0.15) is 0 Å². The predicted octanol–water partition coefficient (Wildman–Crippen LogP) is 4.52. The van der Waals surface area contributed by atoms with Crippen LogP contribution in [0.5, 0.6) is 11.5 Å². The number of thiazole rings is 1. The van der Waals surface area contributed by atoms with Gasteiger partial charge in [-0.3, -0.25) is 9.59 Å². The summed E-state index contributed by atoms with van der Waals surface area (Å²) in [5, 5.41) is 7.95. The maximum atomic E-state index is 12.3. The quantitative estimate of drug-likeness (QED) is 0.498. The summed E-state index contributed by atoms with van der Waals surface area (Å²) in [6, 6.07) is 12.9. The number of carbonyl (C=O) groups is 2. The fourth-order valence-corrected chi connectivity index (χ4v) is 4.12. The summed E-state index contributed by atoms with van der Waals surface area (Å²) in [6.07, 6.45) is 0. The van der Waals surface area contributed by atoms with Crippen LogP contribution in [0.25, 0.3) is 11.3 Å². The summed E-state index contributed by atoms with van der Waals surface area (Å²) >= 11 is 2.74. The van der Waals surface area contributed by atoms with Crippen molar-refractivity contribution in [2.24, 2.45) is 0 Å². The Bertz CT molecular complexity index is 1050. The van der Waals surface area contributed by atoms with Crippen LogP contribution in [-0.2, 0) is 9.59 Å². The van der Waals surface area contributed by atoms with E-state index in [2.05, 4.69) is 15.6 Å². The van der Waals surface area contributed by atoms with Gasteiger partial charge in [0, 0.05) is 28.5 Å². The number of rotatable bonds is 8. The van der Waals surface area contributed by atoms with Gasteiger partial charge in [-0.05, 0) is 36.4 Å². The average molecular weight is 444 g/mol. The Balaban J connectivity index is 1.59. The fourth-order valence-electron chi connectivity index (χ4n) is 2.63. The molecule has 0 aliphatic heterocycles. The number of hydrogen-bond acceptors (Lipinski definition) is 7. The lowest BCUT2D eigenvalue weighted by molar-refractivity contribution is -0.114. The van der Waals surface area contributed by atoms with Gasteiger partial charge in [0.2, 0.25) is 11.8 Å². The highest BCUT2D eigenvalue weighted by atomic mass is 32.2. The van der Waals surface area contributed by atoms with E-state index in [4.69, 9.17) is 9.47 Å². The number of benzene rings is 2. The molecule has 1 heterocycles. The van der Waals surface area contributed by atoms with Crippen molar-refractivity contribution in [2.45, 2.75) is 11.8 Å². The van der Waals surface area contributed by atoms with Gasteiger partial charge in [0.05, 0.1) is 25.7 Å². The molecule has 2 N–H and O–H groups in total. The van der Waals surface area contributed by atoms with E-state index in [-0.39, 0.29) is 17.6 Å². The molecule has 30 heavy (non-hydrogen) atoms. The third-order valence-corrected chi connectivity index (χ3v) is 5.71. The number of thioether (sulfide) groups is 1. The molecule has 3 aromatic rings. The molecule has 0 aliphatic carbocycles. The van der Waals surface area contributed by atoms with Crippen molar-refractivity contribution in [3.8, 4) is 22.8 Å². The molecule has 0 saturated heterocycles. The number of aromatic nitrogens is 1. The van der Waals surface area contributed by atoms with Gasteiger partial charge in [-0.2, -0.15) is 0 Å². The zero-order chi connectivity index (χ0) is 21.5. The van der Waals surface area contributed by atoms with Gasteiger partial charge < -0.3 is 20.1 Å². The molecular weight excluding hydrogens is 422 g/mol. The minimum atomic E-state index is -0.154. The van der Waals surface area contributed by atoms with E-state index in [1.165, 1.54) is 30.0 Å². The normalized spacial score (nSPS) is 10.4. The van der Waals surface area contributed by atoms with Crippen LogP contribution in [0.2, 0.25) is 0 Å². The zero-order valence-electron chi connectivity index (χ0n) is 16.7. The van der Waals surface area contributed by atoms with Crippen molar-refractivity contribution < 1.29 is 19.1 Å².